The normalized spacial score (nSPS) is 35.5. The number of aliphatic hydroxyl groups excluding tert-OH is 1. The minimum atomic E-state index is -0.525. The second-order valence-corrected chi connectivity index (χ2v) is 8.97. The van der Waals surface area contributed by atoms with Crippen LogP contribution >= 0.6 is 0 Å². The predicted molar refractivity (Wildman–Crippen MR) is 94.5 cm³/mol. The van der Waals surface area contributed by atoms with Crippen LogP contribution in [0.3, 0.4) is 0 Å². The maximum atomic E-state index is 13.0. The number of hydrogen-bond donors (Lipinski definition) is 1. The lowest BCUT2D eigenvalue weighted by molar-refractivity contribution is -0.135. The van der Waals surface area contributed by atoms with E-state index in [1.165, 1.54) is 0 Å². The fourth-order valence-electron chi connectivity index (χ4n) is 5.17. The van der Waals surface area contributed by atoms with Crippen LogP contribution in [-0.2, 0) is 9.59 Å². The number of ketones is 2. The third-order valence-electron chi connectivity index (χ3n) is 7.20. The highest BCUT2D eigenvalue weighted by molar-refractivity contribution is 6.50. The number of Topliss-reactive ketones (excluding diaryl/α,β-unsaturated/α-hetero) is 2. The van der Waals surface area contributed by atoms with Gasteiger partial charge in [0.1, 0.15) is 5.76 Å². The minimum absolute atomic E-state index is 0.00695. The molecule has 130 valence electrons. The average Bonchev–Trinajstić information content (AvgIpc) is 2.46. The van der Waals surface area contributed by atoms with Crippen molar-refractivity contribution in [3.05, 3.63) is 34.6 Å². The zero-order valence-corrected chi connectivity index (χ0v) is 15.6. The average molecular weight is 328 g/mol. The Morgan fingerprint density at radius 2 is 1.67 bits per heavy atom. The van der Waals surface area contributed by atoms with Gasteiger partial charge in [0.15, 0.2) is 0 Å². The van der Waals surface area contributed by atoms with Crippen molar-refractivity contribution in [2.24, 2.45) is 22.2 Å². The van der Waals surface area contributed by atoms with E-state index in [2.05, 4.69) is 33.8 Å². The van der Waals surface area contributed by atoms with Gasteiger partial charge in [0.05, 0.1) is 0 Å². The van der Waals surface area contributed by atoms with Crippen molar-refractivity contribution in [3.8, 4) is 0 Å². The monoisotopic (exact) mass is 328 g/mol. The Kier molecular flexibility index (Phi) is 3.53. The van der Waals surface area contributed by atoms with Crippen molar-refractivity contribution in [1.29, 1.82) is 0 Å². The number of aliphatic hydroxyl groups is 1. The van der Waals surface area contributed by atoms with Gasteiger partial charge >= 0.3 is 0 Å². The topological polar surface area (TPSA) is 54.4 Å². The molecule has 0 aromatic rings. The molecule has 3 aliphatic rings. The molecule has 24 heavy (non-hydrogen) atoms. The number of allylic oxidation sites excluding steroid dienone is 4. The lowest BCUT2D eigenvalue weighted by Gasteiger charge is -2.60. The molecule has 0 radical (unpaired) electrons. The summed E-state index contributed by atoms with van der Waals surface area (Å²) >= 11 is 0. The lowest BCUT2D eigenvalue weighted by atomic mass is 9.43. The summed E-state index contributed by atoms with van der Waals surface area (Å²) in [7, 11) is 0. The number of carbonyl (C=O) groups excluding carboxylic acids is 2. The molecule has 0 aromatic heterocycles. The summed E-state index contributed by atoms with van der Waals surface area (Å²) in [5.41, 5.74) is 0.736. The van der Waals surface area contributed by atoms with Crippen LogP contribution in [0.25, 0.3) is 0 Å². The van der Waals surface area contributed by atoms with Gasteiger partial charge in [-0.25, -0.2) is 0 Å². The number of fused-ring (bicyclic) bond motifs is 2. The highest BCUT2D eigenvalue weighted by Gasteiger charge is 2.60. The summed E-state index contributed by atoms with van der Waals surface area (Å²) in [5, 5.41) is 10.7. The highest BCUT2D eigenvalue weighted by Crippen LogP contribution is 2.66. The van der Waals surface area contributed by atoms with Crippen molar-refractivity contribution in [1.82, 2.24) is 0 Å². The van der Waals surface area contributed by atoms with E-state index >= 15 is 0 Å². The largest absolute Gasteiger partial charge is 0.507 e. The zero-order valence-electron chi connectivity index (χ0n) is 15.6. The molecule has 0 spiro atoms. The van der Waals surface area contributed by atoms with Crippen molar-refractivity contribution >= 4 is 11.6 Å². The zero-order chi connectivity index (χ0) is 18.1. The van der Waals surface area contributed by atoms with E-state index in [1.54, 1.807) is 0 Å². The Balaban J connectivity index is 2.30. The second kappa shape index (κ2) is 4.93. The Hall–Kier alpha value is -1.64. The van der Waals surface area contributed by atoms with E-state index in [-0.39, 0.29) is 28.1 Å². The summed E-state index contributed by atoms with van der Waals surface area (Å²) < 4.78 is 0. The maximum absolute atomic E-state index is 13.0. The van der Waals surface area contributed by atoms with E-state index in [1.807, 2.05) is 19.9 Å². The summed E-state index contributed by atoms with van der Waals surface area (Å²) in [6, 6.07) is 0. The van der Waals surface area contributed by atoms with E-state index < -0.39 is 17.0 Å². The summed E-state index contributed by atoms with van der Waals surface area (Å²) in [5.74, 6) is -1.11. The van der Waals surface area contributed by atoms with E-state index in [4.69, 9.17) is 0 Å². The van der Waals surface area contributed by atoms with Gasteiger partial charge in [-0.1, -0.05) is 60.1 Å². The second-order valence-electron chi connectivity index (χ2n) is 8.97. The van der Waals surface area contributed by atoms with E-state index in [0.29, 0.717) is 11.1 Å². The van der Waals surface area contributed by atoms with Crippen LogP contribution < -0.4 is 0 Å². The molecule has 3 nitrogen and oxygen atoms in total. The van der Waals surface area contributed by atoms with Gasteiger partial charge in [-0.15, -0.1) is 0 Å². The molecule has 1 N–H and O–H groups in total. The first kappa shape index (κ1) is 17.2. The number of hydrogen-bond acceptors (Lipinski definition) is 3. The first-order valence-corrected chi connectivity index (χ1v) is 8.94. The molecule has 0 heterocycles. The Morgan fingerprint density at radius 1 is 1.04 bits per heavy atom. The molecule has 3 heteroatoms. The number of carbonyl (C=O) groups is 2. The van der Waals surface area contributed by atoms with Gasteiger partial charge in [0, 0.05) is 27.5 Å². The van der Waals surface area contributed by atoms with Crippen molar-refractivity contribution in [3.63, 3.8) is 0 Å². The van der Waals surface area contributed by atoms with Crippen molar-refractivity contribution < 1.29 is 14.7 Å². The molecule has 0 bridgehead atoms. The van der Waals surface area contributed by atoms with Crippen LogP contribution in [0.1, 0.15) is 60.8 Å². The molecule has 1 saturated carbocycles. The molecule has 0 aliphatic heterocycles. The smallest absolute Gasteiger partial charge is 0.233 e. The molecular formula is C21H28O3. The quantitative estimate of drug-likeness (QED) is 0.561. The van der Waals surface area contributed by atoms with Gasteiger partial charge in [-0.3, -0.25) is 9.59 Å². The highest BCUT2D eigenvalue weighted by atomic mass is 16.3. The molecule has 0 saturated heterocycles. The lowest BCUT2D eigenvalue weighted by Crippen LogP contribution is -2.55. The van der Waals surface area contributed by atoms with Crippen LogP contribution in [0.4, 0.5) is 0 Å². The van der Waals surface area contributed by atoms with Crippen LogP contribution in [0.2, 0.25) is 0 Å². The minimum Gasteiger partial charge on any atom is -0.507 e. The van der Waals surface area contributed by atoms with E-state index in [0.717, 1.165) is 19.3 Å². The van der Waals surface area contributed by atoms with Gasteiger partial charge in [-0.2, -0.15) is 0 Å². The predicted octanol–water partition coefficient (Wildman–Crippen LogP) is 4.70. The summed E-state index contributed by atoms with van der Waals surface area (Å²) in [6.45, 7) is 12.5. The fraction of sp³-hybridized carbons (Fsp3) is 0.619. The fourth-order valence-corrected chi connectivity index (χ4v) is 5.17. The SMILES string of the molecule is CC(C)C1=C(O)C2=C(C(=O)C1=O)[C@@]1(C)CCCC(C)(C)[C@]1(C)C=C2. The Bertz CT molecular complexity index is 732. The maximum Gasteiger partial charge on any atom is 0.233 e. The first-order valence-electron chi connectivity index (χ1n) is 8.94. The molecule has 3 aliphatic carbocycles. The summed E-state index contributed by atoms with van der Waals surface area (Å²) in [6.07, 6.45) is 7.02. The van der Waals surface area contributed by atoms with Gasteiger partial charge < -0.3 is 5.11 Å². The Labute approximate surface area is 144 Å². The van der Waals surface area contributed by atoms with E-state index in [9.17, 15) is 14.7 Å². The first-order chi connectivity index (χ1) is 11.0. The van der Waals surface area contributed by atoms with Gasteiger partial charge in [0.25, 0.3) is 0 Å². The third-order valence-corrected chi connectivity index (χ3v) is 7.20. The molecule has 0 amide bonds. The molecule has 2 atom stereocenters. The van der Waals surface area contributed by atoms with Crippen molar-refractivity contribution in [2.45, 2.75) is 60.8 Å². The molecule has 0 aromatic carbocycles. The standard InChI is InChI=1S/C21H28O3/c1-12(2)14-16(22)13-8-11-21(6)19(3,4)9-7-10-20(21,5)15(13)18(24)17(14)23/h8,11-12,22H,7,9-10H2,1-6H3/t20-,21+/m1/s1. The van der Waals surface area contributed by atoms with Crippen LogP contribution in [0.5, 0.6) is 0 Å². The van der Waals surface area contributed by atoms with Gasteiger partial charge in [0.2, 0.25) is 11.6 Å². The molecule has 3 rings (SSSR count). The van der Waals surface area contributed by atoms with Crippen LogP contribution in [-0.4, -0.2) is 16.7 Å². The molecule has 1 fully saturated rings. The molecule has 0 unspecified atom stereocenters. The third kappa shape index (κ3) is 1.84. The van der Waals surface area contributed by atoms with Crippen LogP contribution in [0.15, 0.2) is 34.6 Å². The molecular weight excluding hydrogens is 300 g/mol. The summed E-state index contributed by atoms with van der Waals surface area (Å²) in [4.78, 5) is 25.7. The number of rotatable bonds is 1. The Morgan fingerprint density at radius 3 is 2.25 bits per heavy atom. The van der Waals surface area contributed by atoms with Crippen LogP contribution in [0, 0.1) is 22.2 Å². The van der Waals surface area contributed by atoms with Gasteiger partial charge in [-0.05, 0) is 24.2 Å². The van der Waals surface area contributed by atoms with Crippen molar-refractivity contribution in [2.75, 3.05) is 0 Å².